The lowest BCUT2D eigenvalue weighted by atomic mass is 9.99. The third-order valence-electron chi connectivity index (χ3n) is 5.21. The molecule has 2 heterocycles. The molecule has 2 saturated heterocycles. The summed E-state index contributed by atoms with van der Waals surface area (Å²) in [7, 11) is 0. The Morgan fingerprint density at radius 1 is 0.536 bits per heavy atom. The van der Waals surface area contributed by atoms with E-state index in [-0.39, 0.29) is 23.8 Å². The van der Waals surface area contributed by atoms with Gasteiger partial charge in [-0.3, -0.25) is 9.59 Å². The first-order chi connectivity index (χ1) is 13.7. The van der Waals surface area contributed by atoms with Crippen LogP contribution in [0.4, 0.5) is 0 Å². The third-order valence-corrected chi connectivity index (χ3v) is 5.21. The first-order valence-electron chi connectivity index (χ1n) is 9.32. The van der Waals surface area contributed by atoms with Crippen molar-refractivity contribution in [1.82, 2.24) is 0 Å². The molecule has 0 N–H and O–H groups in total. The van der Waals surface area contributed by atoms with Crippen molar-refractivity contribution in [3.8, 4) is 0 Å². The van der Waals surface area contributed by atoms with E-state index in [1.165, 1.54) is 0 Å². The number of carbonyl (C=O) groups excluding carboxylic acids is 2. The lowest BCUT2D eigenvalue weighted by Gasteiger charge is -2.00. The number of carbonyl (C=O) groups is 2. The average Bonchev–Trinajstić information content (AvgIpc) is 3.68. The van der Waals surface area contributed by atoms with Crippen LogP contribution < -0.4 is 0 Å². The SMILES string of the molecule is O=C(c1ccccc1)[C@@H]1O[C@H]1c1ccc([C@@H]2O[C@H]2C(=O)c2ccccc2)cc1. The van der Waals surface area contributed by atoms with Gasteiger partial charge in [-0.1, -0.05) is 84.9 Å². The normalized spacial score (nSPS) is 25.1. The van der Waals surface area contributed by atoms with Crippen LogP contribution in [0.1, 0.15) is 44.1 Å². The van der Waals surface area contributed by atoms with Gasteiger partial charge >= 0.3 is 0 Å². The van der Waals surface area contributed by atoms with Crippen LogP contribution in [0.5, 0.6) is 0 Å². The van der Waals surface area contributed by atoms with Crippen LogP contribution >= 0.6 is 0 Å². The molecule has 0 bridgehead atoms. The highest BCUT2D eigenvalue weighted by atomic mass is 16.6. The lowest BCUT2D eigenvalue weighted by Crippen LogP contribution is -2.08. The molecular weight excluding hydrogens is 352 g/mol. The predicted molar refractivity (Wildman–Crippen MR) is 103 cm³/mol. The summed E-state index contributed by atoms with van der Waals surface area (Å²) in [6, 6.07) is 26.2. The fraction of sp³-hybridized carbons (Fsp3) is 0.167. The summed E-state index contributed by atoms with van der Waals surface area (Å²) in [6.07, 6.45) is -1.25. The average molecular weight is 370 g/mol. The second kappa shape index (κ2) is 6.82. The Morgan fingerprint density at radius 3 is 1.25 bits per heavy atom. The summed E-state index contributed by atoms with van der Waals surface area (Å²) in [5.74, 6) is 0.0162. The maximum atomic E-state index is 12.4. The van der Waals surface area contributed by atoms with Crippen molar-refractivity contribution in [3.63, 3.8) is 0 Å². The fourth-order valence-corrected chi connectivity index (χ4v) is 3.54. The number of Topliss-reactive ketones (excluding diaryl/α,β-unsaturated/α-hetero) is 2. The van der Waals surface area contributed by atoms with Crippen LogP contribution in [-0.4, -0.2) is 23.8 Å². The summed E-state index contributed by atoms with van der Waals surface area (Å²) in [5, 5.41) is 0. The lowest BCUT2D eigenvalue weighted by molar-refractivity contribution is 0.0947. The highest BCUT2D eigenvalue weighted by molar-refractivity contribution is 6.02. The van der Waals surface area contributed by atoms with Crippen molar-refractivity contribution >= 4 is 11.6 Å². The molecule has 0 aromatic heterocycles. The van der Waals surface area contributed by atoms with Crippen LogP contribution in [0.25, 0.3) is 0 Å². The van der Waals surface area contributed by atoms with E-state index in [1.54, 1.807) is 24.3 Å². The van der Waals surface area contributed by atoms with Gasteiger partial charge in [0.15, 0.2) is 23.8 Å². The van der Waals surface area contributed by atoms with Crippen LogP contribution in [-0.2, 0) is 9.47 Å². The molecule has 2 fully saturated rings. The molecule has 3 aromatic rings. The van der Waals surface area contributed by atoms with Crippen molar-refractivity contribution in [2.75, 3.05) is 0 Å². The van der Waals surface area contributed by atoms with Crippen molar-refractivity contribution in [2.24, 2.45) is 0 Å². The quantitative estimate of drug-likeness (QED) is 0.479. The van der Waals surface area contributed by atoms with Crippen molar-refractivity contribution in [1.29, 1.82) is 0 Å². The minimum absolute atomic E-state index is 0.00808. The van der Waals surface area contributed by atoms with Gasteiger partial charge in [0.2, 0.25) is 0 Å². The summed E-state index contributed by atoms with van der Waals surface area (Å²) in [5.41, 5.74) is 3.26. The Bertz CT molecular complexity index is 927. The van der Waals surface area contributed by atoms with E-state index < -0.39 is 12.2 Å². The Balaban J connectivity index is 1.23. The van der Waals surface area contributed by atoms with Crippen LogP contribution in [0.3, 0.4) is 0 Å². The van der Waals surface area contributed by atoms with Gasteiger partial charge in [0, 0.05) is 11.1 Å². The van der Waals surface area contributed by atoms with Crippen molar-refractivity contribution in [3.05, 3.63) is 107 Å². The minimum Gasteiger partial charge on any atom is -0.356 e. The summed E-state index contributed by atoms with van der Waals surface area (Å²) in [4.78, 5) is 24.9. The topological polar surface area (TPSA) is 59.2 Å². The highest BCUT2D eigenvalue weighted by Crippen LogP contribution is 2.44. The Morgan fingerprint density at radius 2 is 0.893 bits per heavy atom. The van der Waals surface area contributed by atoms with Crippen molar-refractivity contribution < 1.29 is 19.1 Å². The van der Waals surface area contributed by atoms with Crippen LogP contribution in [0.2, 0.25) is 0 Å². The second-order valence-corrected chi connectivity index (χ2v) is 7.08. The number of benzene rings is 3. The molecule has 2 aliphatic heterocycles. The van der Waals surface area contributed by atoms with Crippen molar-refractivity contribution in [2.45, 2.75) is 24.4 Å². The molecule has 2 aliphatic rings. The van der Waals surface area contributed by atoms with Gasteiger partial charge in [-0.15, -0.1) is 0 Å². The predicted octanol–water partition coefficient (Wildman–Crippen LogP) is 4.33. The highest BCUT2D eigenvalue weighted by Gasteiger charge is 2.48. The summed E-state index contributed by atoms with van der Waals surface area (Å²) < 4.78 is 11.2. The molecule has 5 rings (SSSR count). The number of rotatable bonds is 6. The molecule has 4 nitrogen and oxygen atoms in total. The standard InChI is InChI=1S/C24H18O4/c25-19(15-7-3-1-4-8-15)23-21(27-23)17-11-13-18(14-12-17)22-24(28-22)20(26)16-9-5-2-6-10-16/h1-14,21-24H/t21-,22-,23-,24-/m0/s1. The van der Waals surface area contributed by atoms with Crippen LogP contribution in [0.15, 0.2) is 84.9 Å². The Kier molecular flexibility index (Phi) is 4.15. The summed E-state index contributed by atoms with van der Waals surface area (Å²) >= 11 is 0. The van der Waals surface area contributed by atoms with E-state index in [0.717, 1.165) is 11.1 Å². The molecule has 0 saturated carbocycles. The number of hydrogen-bond donors (Lipinski definition) is 0. The molecule has 28 heavy (non-hydrogen) atoms. The Hall–Kier alpha value is -3.08. The zero-order valence-electron chi connectivity index (χ0n) is 15.0. The van der Waals surface area contributed by atoms with E-state index in [9.17, 15) is 9.59 Å². The van der Waals surface area contributed by atoms with Gasteiger partial charge in [0.05, 0.1) is 0 Å². The zero-order valence-corrected chi connectivity index (χ0v) is 15.0. The first kappa shape index (κ1) is 17.0. The molecule has 4 heteroatoms. The largest absolute Gasteiger partial charge is 0.356 e. The second-order valence-electron chi connectivity index (χ2n) is 7.08. The monoisotopic (exact) mass is 370 g/mol. The number of ether oxygens (including phenoxy) is 2. The molecule has 138 valence electrons. The van der Waals surface area contributed by atoms with E-state index in [2.05, 4.69) is 0 Å². The molecule has 3 aromatic carbocycles. The van der Waals surface area contributed by atoms with E-state index in [4.69, 9.17) is 9.47 Å². The smallest absolute Gasteiger partial charge is 0.194 e. The number of epoxide rings is 2. The molecule has 0 spiro atoms. The molecule has 0 aliphatic carbocycles. The van der Waals surface area contributed by atoms with Gasteiger partial charge in [-0.2, -0.15) is 0 Å². The van der Waals surface area contributed by atoms with Gasteiger partial charge < -0.3 is 9.47 Å². The number of ketones is 2. The fourth-order valence-electron chi connectivity index (χ4n) is 3.54. The summed E-state index contributed by atoms with van der Waals surface area (Å²) in [6.45, 7) is 0. The van der Waals surface area contributed by atoms with Gasteiger partial charge in [-0.25, -0.2) is 0 Å². The molecule has 0 unspecified atom stereocenters. The molecule has 0 amide bonds. The molecular formula is C24H18O4. The Labute approximate surface area is 162 Å². The van der Waals surface area contributed by atoms with Crippen LogP contribution in [0, 0.1) is 0 Å². The third kappa shape index (κ3) is 3.17. The maximum Gasteiger partial charge on any atom is 0.194 e. The molecule has 0 radical (unpaired) electrons. The van der Waals surface area contributed by atoms with Gasteiger partial charge in [-0.05, 0) is 11.1 Å². The van der Waals surface area contributed by atoms with E-state index in [1.807, 2.05) is 60.7 Å². The molecule has 4 atom stereocenters. The number of hydrogen-bond acceptors (Lipinski definition) is 4. The zero-order chi connectivity index (χ0) is 19.1. The van der Waals surface area contributed by atoms with Gasteiger partial charge in [0.1, 0.15) is 12.2 Å². The minimum atomic E-state index is -0.419. The van der Waals surface area contributed by atoms with Gasteiger partial charge in [0.25, 0.3) is 0 Å². The van der Waals surface area contributed by atoms with E-state index >= 15 is 0 Å². The van der Waals surface area contributed by atoms with E-state index in [0.29, 0.717) is 11.1 Å². The maximum absolute atomic E-state index is 12.4. The first-order valence-corrected chi connectivity index (χ1v) is 9.32.